The number of ether oxygens (including phenoxy) is 1. The fourth-order valence-electron chi connectivity index (χ4n) is 3.08. The maximum atomic E-state index is 12.3. The molecule has 7 heteroatoms. The fourth-order valence-corrected chi connectivity index (χ4v) is 3.98. The lowest BCUT2D eigenvalue weighted by molar-refractivity contribution is -0.118. The van der Waals surface area contributed by atoms with E-state index in [0.29, 0.717) is 34.3 Å². The number of oxazole rings is 1. The van der Waals surface area contributed by atoms with E-state index in [2.05, 4.69) is 62.7 Å². The Balaban J connectivity index is 1.43. The molecule has 0 saturated carbocycles. The van der Waals surface area contributed by atoms with E-state index in [9.17, 15) is 4.79 Å². The number of anilines is 1. The number of benzene rings is 3. The van der Waals surface area contributed by atoms with Crippen LogP contribution in [-0.4, -0.2) is 17.5 Å². The van der Waals surface area contributed by atoms with Crippen LogP contribution in [0.3, 0.4) is 0 Å². The maximum Gasteiger partial charge on any atom is 0.262 e. The van der Waals surface area contributed by atoms with Gasteiger partial charge in [-0.1, -0.05) is 26.0 Å². The molecule has 3 aromatic carbocycles. The second kappa shape index (κ2) is 9.40. The molecule has 0 saturated heterocycles. The summed E-state index contributed by atoms with van der Waals surface area (Å²) in [6, 6.07) is 19.1. The van der Waals surface area contributed by atoms with E-state index >= 15 is 0 Å². The first-order valence-electron chi connectivity index (χ1n) is 9.77. The van der Waals surface area contributed by atoms with Gasteiger partial charge in [0.2, 0.25) is 5.89 Å². The van der Waals surface area contributed by atoms with E-state index in [0.717, 1.165) is 13.6 Å². The van der Waals surface area contributed by atoms with Crippen LogP contribution in [0.1, 0.15) is 25.3 Å². The molecular formula is C24H20BrIN2O3. The Morgan fingerprint density at radius 2 is 1.90 bits per heavy atom. The van der Waals surface area contributed by atoms with Gasteiger partial charge in [0.05, 0.1) is 5.56 Å². The van der Waals surface area contributed by atoms with Crippen molar-refractivity contribution in [1.29, 1.82) is 0 Å². The van der Waals surface area contributed by atoms with Gasteiger partial charge in [-0.05, 0) is 98.5 Å². The van der Waals surface area contributed by atoms with Gasteiger partial charge in [-0.3, -0.25) is 4.79 Å². The zero-order valence-electron chi connectivity index (χ0n) is 17.0. The highest BCUT2D eigenvalue weighted by Crippen LogP contribution is 2.32. The average Bonchev–Trinajstić information content (AvgIpc) is 3.17. The molecule has 1 amide bonds. The highest BCUT2D eigenvalue weighted by molar-refractivity contribution is 14.1. The predicted octanol–water partition coefficient (Wildman–Crippen LogP) is 7.00. The first kappa shape index (κ1) is 21.8. The number of carbonyl (C=O) groups excluding carboxylic acids is 1. The van der Waals surface area contributed by atoms with Crippen molar-refractivity contribution in [2.75, 3.05) is 11.9 Å². The second-order valence-corrected chi connectivity index (χ2v) is 9.49. The van der Waals surface area contributed by atoms with E-state index in [-0.39, 0.29) is 12.5 Å². The van der Waals surface area contributed by atoms with E-state index in [4.69, 9.17) is 9.15 Å². The minimum Gasteiger partial charge on any atom is -0.484 e. The van der Waals surface area contributed by atoms with Crippen molar-refractivity contribution in [3.8, 4) is 17.2 Å². The molecule has 0 unspecified atom stereocenters. The normalized spacial score (nSPS) is 11.1. The fraction of sp³-hybridized carbons (Fsp3) is 0.167. The van der Waals surface area contributed by atoms with Crippen molar-refractivity contribution in [3.63, 3.8) is 0 Å². The Morgan fingerprint density at radius 1 is 1.13 bits per heavy atom. The number of amides is 1. The molecule has 0 bridgehead atoms. The molecule has 1 N–H and O–H groups in total. The van der Waals surface area contributed by atoms with Crippen molar-refractivity contribution in [3.05, 3.63) is 74.3 Å². The number of hydrogen-bond donors (Lipinski definition) is 1. The molecule has 0 atom stereocenters. The quantitative estimate of drug-likeness (QED) is 0.246. The Labute approximate surface area is 202 Å². The summed E-state index contributed by atoms with van der Waals surface area (Å²) >= 11 is 5.80. The Hall–Kier alpha value is -2.39. The van der Waals surface area contributed by atoms with Crippen molar-refractivity contribution < 1.29 is 13.9 Å². The lowest BCUT2D eigenvalue weighted by atomic mass is 10.0. The van der Waals surface area contributed by atoms with Gasteiger partial charge in [-0.15, -0.1) is 0 Å². The summed E-state index contributed by atoms with van der Waals surface area (Å²) in [7, 11) is 0. The van der Waals surface area contributed by atoms with Gasteiger partial charge in [-0.25, -0.2) is 4.98 Å². The number of hydrogen-bond acceptors (Lipinski definition) is 4. The zero-order chi connectivity index (χ0) is 22.0. The topological polar surface area (TPSA) is 64.4 Å². The van der Waals surface area contributed by atoms with Crippen molar-refractivity contribution in [1.82, 2.24) is 4.98 Å². The average molecular weight is 591 g/mol. The highest BCUT2D eigenvalue weighted by Gasteiger charge is 2.13. The first-order valence-corrected chi connectivity index (χ1v) is 11.6. The largest absolute Gasteiger partial charge is 0.484 e. The summed E-state index contributed by atoms with van der Waals surface area (Å²) in [5.41, 5.74) is 4.07. The van der Waals surface area contributed by atoms with Crippen molar-refractivity contribution >= 4 is 61.2 Å². The molecule has 5 nitrogen and oxygen atoms in total. The highest BCUT2D eigenvalue weighted by atomic mass is 127. The minimum atomic E-state index is -0.239. The third-order valence-electron chi connectivity index (χ3n) is 4.75. The summed E-state index contributed by atoms with van der Waals surface area (Å²) in [5, 5.41) is 2.85. The van der Waals surface area contributed by atoms with E-state index in [1.54, 1.807) is 18.2 Å². The summed E-state index contributed by atoms with van der Waals surface area (Å²) < 4.78 is 13.5. The molecule has 4 aromatic rings. The molecule has 0 radical (unpaired) electrons. The van der Waals surface area contributed by atoms with Gasteiger partial charge >= 0.3 is 0 Å². The third kappa shape index (κ3) is 5.27. The van der Waals surface area contributed by atoms with Crippen LogP contribution in [0.25, 0.3) is 22.6 Å². The lowest BCUT2D eigenvalue weighted by Crippen LogP contribution is -2.20. The maximum absolute atomic E-state index is 12.3. The summed E-state index contributed by atoms with van der Waals surface area (Å²) in [4.78, 5) is 16.9. The van der Waals surface area contributed by atoms with Gasteiger partial charge in [-0.2, -0.15) is 0 Å². The molecule has 0 fully saturated rings. The minimum absolute atomic E-state index is 0.0709. The van der Waals surface area contributed by atoms with Crippen molar-refractivity contribution in [2.45, 2.75) is 19.8 Å². The van der Waals surface area contributed by atoms with E-state index in [1.165, 1.54) is 5.56 Å². The monoisotopic (exact) mass is 590 g/mol. The second-order valence-electron chi connectivity index (χ2n) is 7.39. The predicted molar refractivity (Wildman–Crippen MR) is 135 cm³/mol. The standard InChI is InChI=1S/C24H20BrIN2O3/c1-14(2)15-3-7-18(8-4-15)30-13-23(29)27-17-6-10-22-21(12-17)28-24(31-22)19-11-16(26)5-9-20(19)25/h3-12,14H,13H2,1-2H3,(H,27,29). The molecule has 158 valence electrons. The molecule has 0 aliphatic heterocycles. The number of fused-ring (bicyclic) bond motifs is 1. The molecule has 0 aliphatic rings. The smallest absolute Gasteiger partial charge is 0.262 e. The molecule has 1 aromatic heterocycles. The number of halogens is 2. The van der Waals surface area contributed by atoms with Gasteiger partial charge in [0.25, 0.3) is 5.91 Å². The number of nitrogens with one attached hydrogen (secondary N) is 1. The van der Waals surface area contributed by atoms with Crippen LogP contribution in [0, 0.1) is 3.57 Å². The third-order valence-corrected chi connectivity index (χ3v) is 6.11. The molecule has 0 spiro atoms. The van der Waals surface area contributed by atoms with E-state index < -0.39 is 0 Å². The van der Waals surface area contributed by atoms with E-state index in [1.807, 2.05) is 42.5 Å². The Morgan fingerprint density at radius 3 is 2.65 bits per heavy atom. The van der Waals surface area contributed by atoms with Gasteiger partial charge in [0.15, 0.2) is 12.2 Å². The molecule has 4 rings (SSSR count). The molecule has 0 aliphatic carbocycles. The zero-order valence-corrected chi connectivity index (χ0v) is 20.7. The van der Waals surface area contributed by atoms with Crippen LogP contribution in [0.2, 0.25) is 0 Å². The Bertz CT molecular complexity index is 1240. The summed E-state index contributed by atoms with van der Waals surface area (Å²) in [6.07, 6.45) is 0. The summed E-state index contributed by atoms with van der Waals surface area (Å²) in [6.45, 7) is 4.20. The lowest BCUT2D eigenvalue weighted by Gasteiger charge is -2.09. The van der Waals surface area contributed by atoms with Crippen LogP contribution in [0.5, 0.6) is 5.75 Å². The van der Waals surface area contributed by atoms with Crippen LogP contribution >= 0.6 is 38.5 Å². The van der Waals surface area contributed by atoms with Crippen LogP contribution in [-0.2, 0) is 4.79 Å². The molecule has 31 heavy (non-hydrogen) atoms. The van der Waals surface area contributed by atoms with Gasteiger partial charge < -0.3 is 14.5 Å². The van der Waals surface area contributed by atoms with Crippen molar-refractivity contribution in [2.24, 2.45) is 0 Å². The Kier molecular flexibility index (Phi) is 6.62. The number of rotatable bonds is 6. The SMILES string of the molecule is CC(C)c1ccc(OCC(=O)Nc2ccc3oc(-c4cc(I)ccc4Br)nc3c2)cc1. The molecular weight excluding hydrogens is 571 g/mol. The number of carbonyl (C=O) groups is 1. The summed E-state index contributed by atoms with van der Waals surface area (Å²) in [5.74, 6) is 1.41. The molecule has 1 heterocycles. The van der Waals surface area contributed by atoms with Gasteiger partial charge in [0.1, 0.15) is 11.3 Å². The van der Waals surface area contributed by atoms with Crippen LogP contribution in [0.4, 0.5) is 5.69 Å². The number of aromatic nitrogens is 1. The van der Waals surface area contributed by atoms with Gasteiger partial charge in [0, 0.05) is 13.7 Å². The first-order chi connectivity index (χ1) is 14.9. The van der Waals surface area contributed by atoms with Crippen LogP contribution < -0.4 is 10.1 Å². The van der Waals surface area contributed by atoms with Crippen LogP contribution in [0.15, 0.2) is 69.6 Å². The number of nitrogens with zero attached hydrogens (tertiary/aromatic N) is 1.